The van der Waals surface area contributed by atoms with Crippen LogP contribution in [0.2, 0.25) is 0 Å². The topological polar surface area (TPSA) is 20.3 Å². The minimum absolute atomic E-state index is 0.283. The molecule has 1 atom stereocenters. The van der Waals surface area contributed by atoms with Gasteiger partial charge in [0.2, 0.25) is 0 Å². The summed E-state index contributed by atoms with van der Waals surface area (Å²) in [4.78, 5) is 13.9. The van der Waals surface area contributed by atoms with Gasteiger partial charge in [-0.25, -0.2) is 0 Å². The molecule has 0 N–H and O–H groups in total. The molecule has 0 bridgehead atoms. The van der Waals surface area contributed by atoms with Gasteiger partial charge in [0, 0.05) is 12.5 Å². The second-order valence-electron chi connectivity index (χ2n) is 5.02. The lowest BCUT2D eigenvalue weighted by atomic mass is 9.96. The van der Waals surface area contributed by atoms with Gasteiger partial charge in [0.05, 0.1) is 0 Å². The molecule has 1 aliphatic heterocycles. The highest BCUT2D eigenvalue weighted by Gasteiger charge is 2.25. The summed E-state index contributed by atoms with van der Waals surface area (Å²) < 4.78 is 0. The lowest BCUT2D eigenvalue weighted by Crippen LogP contribution is -2.27. The van der Waals surface area contributed by atoms with E-state index in [1.54, 1.807) is 6.92 Å². The molecule has 1 aromatic carbocycles. The molecule has 0 aliphatic carbocycles. The predicted molar refractivity (Wildman–Crippen MR) is 70.0 cm³/mol. The molecule has 2 nitrogen and oxygen atoms in total. The first-order valence-corrected chi connectivity index (χ1v) is 6.47. The highest BCUT2D eigenvalue weighted by atomic mass is 16.1. The fraction of sp³-hybridized carbons (Fsp3) is 0.533. The van der Waals surface area contributed by atoms with Gasteiger partial charge in [-0.2, -0.15) is 0 Å². The zero-order valence-electron chi connectivity index (χ0n) is 10.8. The molecule has 0 amide bonds. The number of hydrogen-bond donors (Lipinski definition) is 0. The van der Waals surface area contributed by atoms with Crippen LogP contribution in [-0.2, 0) is 4.79 Å². The van der Waals surface area contributed by atoms with Crippen molar-refractivity contribution in [2.24, 2.45) is 0 Å². The molecule has 0 aromatic heterocycles. The molecular formula is C15H21NO. The van der Waals surface area contributed by atoms with Crippen molar-refractivity contribution in [1.82, 2.24) is 4.90 Å². The number of aryl methyl sites for hydroxylation is 1. The molecule has 1 heterocycles. The van der Waals surface area contributed by atoms with Gasteiger partial charge in [-0.3, -0.25) is 9.69 Å². The summed E-state index contributed by atoms with van der Waals surface area (Å²) in [6.45, 7) is 6.10. The fourth-order valence-corrected chi connectivity index (χ4v) is 2.72. The minimum Gasteiger partial charge on any atom is -0.300 e. The third-order valence-corrected chi connectivity index (χ3v) is 3.61. The Labute approximate surface area is 104 Å². The summed E-state index contributed by atoms with van der Waals surface area (Å²) >= 11 is 0. The number of benzene rings is 1. The van der Waals surface area contributed by atoms with E-state index >= 15 is 0 Å². The molecule has 2 rings (SSSR count). The highest BCUT2D eigenvalue weighted by Crippen LogP contribution is 2.30. The second kappa shape index (κ2) is 5.46. The number of likely N-dealkylation sites (tertiary alicyclic amines) is 1. The average Bonchev–Trinajstić information content (AvgIpc) is 2.80. The standard InChI is InChI=1S/C15H21NO/c1-12-7-3-4-8-14(12)15(11-13(2)17)16-9-5-6-10-16/h3-4,7-8,15H,5-6,9-11H2,1-2H3. The Kier molecular flexibility index (Phi) is 3.95. The van der Waals surface area contributed by atoms with Crippen molar-refractivity contribution in [1.29, 1.82) is 0 Å². The highest BCUT2D eigenvalue weighted by molar-refractivity contribution is 5.76. The van der Waals surface area contributed by atoms with E-state index in [4.69, 9.17) is 0 Å². The van der Waals surface area contributed by atoms with Gasteiger partial charge in [-0.15, -0.1) is 0 Å². The monoisotopic (exact) mass is 231 g/mol. The summed E-state index contributed by atoms with van der Waals surface area (Å²) in [5.74, 6) is 0.283. The summed E-state index contributed by atoms with van der Waals surface area (Å²) in [5.41, 5.74) is 2.62. The van der Waals surface area contributed by atoms with Crippen molar-refractivity contribution in [2.75, 3.05) is 13.1 Å². The Balaban J connectivity index is 2.25. The number of carbonyl (C=O) groups excluding carboxylic acids is 1. The molecule has 17 heavy (non-hydrogen) atoms. The maximum absolute atomic E-state index is 11.5. The van der Waals surface area contributed by atoms with Crippen LogP contribution in [0, 0.1) is 6.92 Å². The molecule has 1 aliphatic rings. The van der Waals surface area contributed by atoms with Crippen LogP contribution in [0.3, 0.4) is 0 Å². The fourth-order valence-electron chi connectivity index (χ4n) is 2.72. The van der Waals surface area contributed by atoms with Crippen LogP contribution in [0.25, 0.3) is 0 Å². The molecule has 0 saturated carbocycles. The Hall–Kier alpha value is -1.15. The van der Waals surface area contributed by atoms with E-state index in [2.05, 4.69) is 36.1 Å². The van der Waals surface area contributed by atoms with Crippen molar-refractivity contribution in [3.05, 3.63) is 35.4 Å². The third kappa shape index (κ3) is 2.95. The van der Waals surface area contributed by atoms with Crippen LogP contribution in [0.1, 0.15) is 43.4 Å². The van der Waals surface area contributed by atoms with E-state index in [9.17, 15) is 4.79 Å². The molecule has 92 valence electrons. The van der Waals surface area contributed by atoms with E-state index in [0.717, 1.165) is 13.1 Å². The summed E-state index contributed by atoms with van der Waals surface area (Å²) in [7, 11) is 0. The van der Waals surface area contributed by atoms with E-state index in [-0.39, 0.29) is 11.8 Å². The molecule has 1 saturated heterocycles. The minimum atomic E-state index is 0.283. The van der Waals surface area contributed by atoms with Crippen molar-refractivity contribution in [2.45, 2.75) is 39.2 Å². The molecule has 1 fully saturated rings. The second-order valence-corrected chi connectivity index (χ2v) is 5.02. The van der Waals surface area contributed by atoms with Gasteiger partial charge in [0.1, 0.15) is 5.78 Å². The molecule has 2 heteroatoms. The predicted octanol–water partition coefficient (Wildman–Crippen LogP) is 3.11. The molecular weight excluding hydrogens is 210 g/mol. The van der Waals surface area contributed by atoms with Gasteiger partial charge in [0.25, 0.3) is 0 Å². The lowest BCUT2D eigenvalue weighted by Gasteiger charge is -2.28. The lowest BCUT2D eigenvalue weighted by molar-refractivity contribution is -0.118. The van der Waals surface area contributed by atoms with Gasteiger partial charge >= 0.3 is 0 Å². The largest absolute Gasteiger partial charge is 0.300 e. The summed E-state index contributed by atoms with van der Waals surface area (Å²) in [5, 5.41) is 0. The Morgan fingerprint density at radius 2 is 1.94 bits per heavy atom. The number of nitrogens with zero attached hydrogens (tertiary/aromatic N) is 1. The van der Waals surface area contributed by atoms with E-state index in [1.165, 1.54) is 24.0 Å². The third-order valence-electron chi connectivity index (χ3n) is 3.61. The summed E-state index contributed by atoms with van der Waals surface area (Å²) in [6.07, 6.45) is 3.17. The van der Waals surface area contributed by atoms with Crippen LogP contribution in [0.4, 0.5) is 0 Å². The van der Waals surface area contributed by atoms with Gasteiger partial charge in [-0.1, -0.05) is 24.3 Å². The molecule has 0 radical (unpaired) electrons. The number of carbonyl (C=O) groups is 1. The van der Waals surface area contributed by atoms with E-state index in [1.807, 2.05) is 0 Å². The number of hydrogen-bond acceptors (Lipinski definition) is 2. The molecule has 0 spiro atoms. The Morgan fingerprint density at radius 1 is 1.29 bits per heavy atom. The molecule has 1 unspecified atom stereocenters. The Morgan fingerprint density at radius 3 is 2.53 bits per heavy atom. The van der Waals surface area contributed by atoms with Crippen LogP contribution >= 0.6 is 0 Å². The van der Waals surface area contributed by atoms with Crippen LogP contribution in [0.15, 0.2) is 24.3 Å². The number of Topliss-reactive ketones (excluding diaryl/α,β-unsaturated/α-hetero) is 1. The van der Waals surface area contributed by atoms with Crippen LogP contribution in [0.5, 0.6) is 0 Å². The first kappa shape index (κ1) is 12.3. The van der Waals surface area contributed by atoms with Crippen molar-refractivity contribution in [3.63, 3.8) is 0 Å². The maximum atomic E-state index is 11.5. The van der Waals surface area contributed by atoms with Gasteiger partial charge in [-0.05, 0) is 50.9 Å². The average molecular weight is 231 g/mol. The van der Waals surface area contributed by atoms with Crippen molar-refractivity contribution >= 4 is 5.78 Å². The first-order chi connectivity index (χ1) is 8.18. The van der Waals surface area contributed by atoms with Crippen LogP contribution in [-0.4, -0.2) is 23.8 Å². The Bertz CT molecular complexity index is 394. The van der Waals surface area contributed by atoms with Crippen molar-refractivity contribution in [3.8, 4) is 0 Å². The number of rotatable bonds is 4. The van der Waals surface area contributed by atoms with Crippen molar-refractivity contribution < 1.29 is 4.79 Å². The molecule has 1 aromatic rings. The zero-order valence-corrected chi connectivity index (χ0v) is 10.8. The van der Waals surface area contributed by atoms with Crippen LogP contribution < -0.4 is 0 Å². The quantitative estimate of drug-likeness (QED) is 0.793. The van der Waals surface area contributed by atoms with E-state index < -0.39 is 0 Å². The SMILES string of the molecule is CC(=O)CC(c1ccccc1C)N1CCCC1. The van der Waals surface area contributed by atoms with Gasteiger partial charge < -0.3 is 0 Å². The number of ketones is 1. The van der Waals surface area contributed by atoms with E-state index in [0.29, 0.717) is 6.42 Å². The zero-order chi connectivity index (χ0) is 12.3. The smallest absolute Gasteiger partial charge is 0.131 e. The van der Waals surface area contributed by atoms with Gasteiger partial charge in [0.15, 0.2) is 0 Å². The normalized spacial score (nSPS) is 18.2. The summed E-state index contributed by atoms with van der Waals surface area (Å²) in [6, 6.07) is 8.73. The maximum Gasteiger partial charge on any atom is 0.131 e. The first-order valence-electron chi connectivity index (χ1n) is 6.47.